The Morgan fingerprint density at radius 3 is 2.52 bits per heavy atom. The maximum absolute atomic E-state index is 10.7. The number of carbonyl (C=O) groups is 1. The number of carboxylic acid groups (broad SMARTS) is 1. The fraction of sp³-hybridized carbons (Fsp3) is 0.471. The van der Waals surface area contributed by atoms with E-state index in [1.807, 2.05) is 24.3 Å². The molecule has 116 valence electrons. The van der Waals surface area contributed by atoms with Gasteiger partial charge in [0.25, 0.3) is 0 Å². The van der Waals surface area contributed by atoms with Crippen LogP contribution in [0.15, 0.2) is 36.9 Å². The van der Waals surface area contributed by atoms with Gasteiger partial charge in [0, 0.05) is 6.42 Å². The zero-order chi connectivity index (χ0) is 15.7. The molecule has 0 radical (unpaired) electrons. The van der Waals surface area contributed by atoms with Crippen LogP contribution in [0, 0.1) is 0 Å². The van der Waals surface area contributed by atoms with Gasteiger partial charge in [-0.1, -0.05) is 18.2 Å². The SMILES string of the molecule is C=CCC(O)(CCCc1ccc(OC)cc1)CCC(=O)O. The summed E-state index contributed by atoms with van der Waals surface area (Å²) in [5, 5.41) is 19.2. The van der Waals surface area contributed by atoms with E-state index in [1.165, 1.54) is 5.56 Å². The number of methoxy groups -OCH3 is 1. The van der Waals surface area contributed by atoms with E-state index in [0.29, 0.717) is 12.8 Å². The fourth-order valence-corrected chi connectivity index (χ4v) is 2.35. The molecule has 0 aliphatic heterocycles. The number of aliphatic hydroxyl groups is 1. The van der Waals surface area contributed by atoms with Crippen LogP contribution in [0.4, 0.5) is 0 Å². The minimum Gasteiger partial charge on any atom is -0.497 e. The maximum atomic E-state index is 10.7. The van der Waals surface area contributed by atoms with Gasteiger partial charge >= 0.3 is 5.97 Å². The Hall–Kier alpha value is -1.81. The number of hydrogen-bond acceptors (Lipinski definition) is 3. The molecule has 0 amide bonds. The number of ether oxygens (including phenoxy) is 1. The summed E-state index contributed by atoms with van der Waals surface area (Å²) in [5.41, 5.74) is 0.210. The van der Waals surface area contributed by atoms with E-state index in [9.17, 15) is 9.90 Å². The lowest BCUT2D eigenvalue weighted by Crippen LogP contribution is -2.29. The summed E-state index contributed by atoms with van der Waals surface area (Å²) in [4.78, 5) is 10.7. The highest BCUT2D eigenvalue weighted by Gasteiger charge is 2.25. The summed E-state index contributed by atoms with van der Waals surface area (Å²) in [5.74, 6) is -0.0592. The molecule has 0 spiro atoms. The van der Waals surface area contributed by atoms with Gasteiger partial charge in [0.2, 0.25) is 0 Å². The lowest BCUT2D eigenvalue weighted by Gasteiger charge is -2.26. The van der Waals surface area contributed by atoms with Crippen molar-refractivity contribution in [2.75, 3.05) is 7.11 Å². The molecule has 0 saturated heterocycles. The smallest absolute Gasteiger partial charge is 0.303 e. The molecule has 0 saturated carbocycles. The number of hydrogen-bond donors (Lipinski definition) is 2. The fourth-order valence-electron chi connectivity index (χ4n) is 2.35. The first-order chi connectivity index (χ1) is 9.99. The van der Waals surface area contributed by atoms with Crippen molar-refractivity contribution in [1.82, 2.24) is 0 Å². The van der Waals surface area contributed by atoms with E-state index in [4.69, 9.17) is 9.84 Å². The van der Waals surface area contributed by atoms with Crippen molar-refractivity contribution in [1.29, 1.82) is 0 Å². The van der Waals surface area contributed by atoms with Crippen LogP contribution in [0.25, 0.3) is 0 Å². The molecule has 1 atom stereocenters. The van der Waals surface area contributed by atoms with E-state index >= 15 is 0 Å². The van der Waals surface area contributed by atoms with Crippen LogP contribution in [0.3, 0.4) is 0 Å². The first kappa shape index (κ1) is 17.2. The first-order valence-electron chi connectivity index (χ1n) is 7.17. The van der Waals surface area contributed by atoms with Gasteiger partial charge in [-0.2, -0.15) is 0 Å². The summed E-state index contributed by atoms with van der Waals surface area (Å²) in [7, 11) is 1.63. The van der Waals surface area contributed by atoms with Gasteiger partial charge in [0.15, 0.2) is 0 Å². The van der Waals surface area contributed by atoms with E-state index in [2.05, 4.69) is 6.58 Å². The van der Waals surface area contributed by atoms with Gasteiger partial charge < -0.3 is 14.9 Å². The van der Waals surface area contributed by atoms with E-state index in [-0.39, 0.29) is 12.8 Å². The molecule has 1 aromatic rings. The zero-order valence-corrected chi connectivity index (χ0v) is 12.5. The number of aliphatic carboxylic acids is 1. The third-order valence-corrected chi connectivity index (χ3v) is 3.60. The molecule has 0 aromatic heterocycles. The second-order valence-electron chi connectivity index (χ2n) is 5.31. The summed E-state index contributed by atoms with van der Waals surface area (Å²) >= 11 is 0. The van der Waals surface area contributed by atoms with Crippen LogP contribution in [-0.2, 0) is 11.2 Å². The number of rotatable bonds is 10. The molecule has 0 heterocycles. The van der Waals surface area contributed by atoms with Crippen molar-refractivity contribution in [2.45, 2.75) is 44.1 Å². The van der Waals surface area contributed by atoms with Crippen LogP contribution in [0.5, 0.6) is 5.75 Å². The van der Waals surface area contributed by atoms with Crippen LogP contribution in [0.2, 0.25) is 0 Å². The molecule has 0 aliphatic carbocycles. The normalized spacial score (nSPS) is 13.4. The van der Waals surface area contributed by atoms with Gasteiger partial charge in [-0.3, -0.25) is 4.79 Å². The average molecular weight is 292 g/mol. The van der Waals surface area contributed by atoms with Crippen molar-refractivity contribution < 1.29 is 19.7 Å². The number of benzene rings is 1. The predicted molar refractivity (Wildman–Crippen MR) is 82.6 cm³/mol. The third-order valence-electron chi connectivity index (χ3n) is 3.60. The van der Waals surface area contributed by atoms with Crippen molar-refractivity contribution in [3.8, 4) is 5.75 Å². The first-order valence-corrected chi connectivity index (χ1v) is 7.17. The standard InChI is InChI=1S/C17H24O4/c1-3-11-17(20,13-10-16(18)19)12-4-5-14-6-8-15(21-2)9-7-14/h3,6-9,20H,1,4-5,10-13H2,2H3,(H,18,19). The molecule has 0 aliphatic rings. The second-order valence-corrected chi connectivity index (χ2v) is 5.31. The molecular weight excluding hydrogens is 268 g/mol. The lowest BCUT2D eigenvalue weighted by atomic mass is 9.87. The lowest BCUT2D eigenvalue weighted by molar-refractivity contribution is -0.138. The summed E-state index contributed by atoms with van der Waals surface area (Å²) < 4.78 is 5.11. The van der Waals surface area contributed by atoms with Crippen molar-refractivity contribution >= 4 is 5.97 Å². The third kappa shape index (κ3) is 6.45. The number of aryl methyl sites for hydroxylation is 1. The summed E-state index contributed by atoms with van der Waals surface area (Å²) in [6, 6.07) is 7.83. The van der Waals surface area contributed by atoms with Crippen molar-refractivity contribution in [3.05, 3.63) is 42.5 Å². The summed E-state index contributed by atoms with van der Waals surface area (Å²) in [6.45, 7) is 3.64. The van der Waals surface area contributed by atoms with Crippen molar-refractivity contribution in [2.24, 2.45) is 0 Å². The molecule has 2 N–H and O–H groups in total. The Labute approximate surface area is 126 Å². The van der Waals surface area contributed by atoms with Gasteiger partial charge in [-0.05, 0) is 49.8 Å². The zero-order valence-electron chi connectivity index (χ0n) is 12.5. The van der Waals surface area contributed by atoms with E-state index in [1.54, 1.807) is 13.2 Å². The molecule has 1 unspecified atom stereocenters. The second kappa shape index (κ2) is 8.47. The molecule has 0 bridgehead atoms. The monoisotopic (exact) mass is 292 g/mol. The minimum absolute atomic E-state index is 0.0210. The molecule has 4 nitrogen and oxygen atoms in total. The molecule has 1 aromatic carbocycles. The van der Waals surface area contributed by atoms with Gasteiger partial charge in [-0.15, -0.1) is 6.58 Å². The van der Waals surface area contributed by atoms with Crippen LogP contribution in [0.1, 0.15) is 37.7 Å². The van der Waals surface area contributed by atoms with Crippen LogP contribution in [-0.4, -0.2) is 28.9 Å². The Balaban J connectivity index is 2.48. The highest BCUT2D eigenvalue weighted by Crippen LogP contribution is 2.25. The Bertz CT molecular complexity index is 452. The average Bonchev–Trinajstić information content (AvgIpc) is 2.46. The largest absolute Gasteiger partial charge is 0.497 e. The van der Waals surface area contributed by atoms with E-state index < -0.39 is 11.6 Å². The highest BCUT2D eigenvalue weighted by molar-refractivity contribution is 5.66. The molecule has 4 heteroatoms. The van der Waals surface area contributed by atoms with Gasteiger partial charge in [-0.25, -0.2) is 0 Å². The summed E-state index contributed by atoms with van der Waals surface area (Å²) in [6.07, 6.45) is 4.52. The maximum Gasteiger partial charge on any atom is 0.303 e. The Morgan fingerprint density at radius 2 is 2.00 bits per heavy atom. The quantitative estimate of drug-likeness (QED) is 0.650. The Morgan fingerprint density at radius 1 is 1.33 bits per heavy atom. The topological polar surface area (TPSA) is 66.8 Å². The van der Waals surface area contributed by atoms with Gasteiger partial charge in [0.05, 0.1) is 12.7 Å². The molecule has 0 fully saturated rings. The predicted octanol–water partition coefficient (Wildman–Crippen LogP) is 3.19. The molecular formula is C17H24O4. The molecule has 1 rings (SSSR count). The highest BCUT2D eigenvalue weighted by atomic mass is 16.5. The van der Waals surface area contributed by atoms with E-state index in [0.717, 1.165) is 18.6 Å². The number of carboxylic acids is 1. The van der Waals surface area contributed by atoms with Crippen molar-refractivity contribution in [3.63, 3.8) is 0 Å². The van der Waals surface area contributed by atoms with Gasteiger partial charge in [0.1, 0.15) is 5.75 Å². The minimum atomic E-state index is -0.966. The Kier molecular flexibility index (Phi) is 6.96. The molecule has 21 heavy (non-hydrogen) atoms. The van der Waals surface area contributed by atoms with Crippen LogP contribution < -0.4 is 4.74 Å². The van der Waals surface area contributed by atoms with Crippen LogP contribution >= 0.6 is 0 Å².